The van der Waals surface area contributed by atoms with Crippen LogP contribution in [0.3, 0.4) is 0 Å². The largest absolute Gasteiger partial charge is 0.380 e. The fourth-order valence-electron chi connectivity index (χ4n) is 3.21. The fourth-order valence-corrected chi connectivity index (χ4v) is 3.21. The third-order valence-electron chi connectivity index (χ3n) is 4.19. The quantitative estimate of drug-likeness (QED) is 0.831. The third-order valence-corrected chi connectivity index (χ3v) is 4.19. The molecule has 2 heterocycles. The first-order valence-corrected chi connectivity index (χ1v) is 6.78. The lowest BCUT2D eigenvalue weighted by molar-refractivity contribution is 0.188. The SMILES string of the molecule is Fc1cc(F)c(NC2CCN3CCCC3C2)cc1F. The Labute approximate surface area is 110 Å². The van der Waals surface area contributed by atoms with Gasteiger partial charge in [0.25, 0.3) is 0 Å². The van der Waals surface area contributed by atoms with Gasteiger partial charge in [-0.15, -0.1) is 0 Å². The Morgan fingerprint density at radius 2 is 1.79 bits per heavy atom. The molecule has 2 atom stereocenters. The molecule has 1 aromatic rings. The second-order valence-corrected chi connectivity index (χ2v) is 5.44. The van der Waals surface area contributed by atoms with E-state index in [-0.39, 0.29) is 11.7 Å². The van der Waals surface area contributed by atoms with Crippen LogP contribution in [0.4, 0.5) is 18.9 Å². The molecule has 104 valence electrons. The van der Waals surface area contributed by atoms with Crippen LogP contribution in [-0.2, 0) is 0 Å². The minimum atomic E-state index is -1.14. The van der Waals surface area contributed by atoms with E-state index in [1.807, 2.05) is 0 Å². The Morgan fingerprint density at radius 1 is 1.00 bits per heavy atom. The smallest absolute Gasteiger partial charge is 0.161 e. The number of fused-ring (bicyclic) bond motifs is 1. The highest BCUT2D eigenvalue weighted by atomic mass is 19.2. The summed E-state index contributed by atoms with van der Waals surface area (Å²) in [6.45, 7) is 2.14. The van der Waals surface area contributed by atoms with Gasteiger partial charge in [0.15, 0.2) is 11.6 Å². The summed E-state index contributed by atoms with van der Waals surface area (Å²) in [5.41, 5.74) is 0.0651. The van der Waals surface area contributed by atoms with E-state index in [2.05, 4.69) is 10.2 Å². The zero-order valence-electron chi connectivity index (χ0n) is 10.6. The van der Waals surface area contributed by atoms with Gasteiger partial charge in [0, 0.05) is 30.8 Å². The van der Waals surface area contributed by atoms with Crippen molar-refractivity contribution in [2.75, 3.05) is 18.4 Å². The molecule has 1 aromatic carbocycles. The molecular weight excluding hydrogens is 253 g/mol. The number of hydrogen-bond acceptors (Lipinski definition) is 2. The van der Waals surface area contributed by atoms with Gasteiger partial charge in [-0.2, -0.15) is 0 Å². The number of anilines is 1. The molecule has 0 spiro atoms. The number of rotatable bonds is 2. The summed E-state index contributed by atoms with van der Waals surface area (Å²) < 4.78 is 39.6. The molecular formula is C14H17F3N2. The normalized spacial score (nSPS) is 27.3. The summed E-state index contributed by atoms with van der Waals surface area (Å²) in [6.07, 6.45) is 4.25. The van der Waals surface area contributed by atoms with Crippen molar-refractivity contribution >= 4 is 5.69 Å². The van der Waals surface area contributed by atoms with Crippen LogP contribution < -0.4 is 5.32 Å². The van der Waals surface area contributed by atoms with Crippen LogP contribution in [0.25, 0.3) is 0 Å². The van der Waals surface area contributed by atoms with E-state index >= 15 is 0 Å². The van der Waals surface area contributed by atoms with Crippen molar-refractivity contribution in [1.29, 1.82) is 0 Å². The Kier molecular flexibility index (Phi) is 3.39. The molecule has 2 nitrogen and oxygen atoms in total. The monoisotopic (exact) mass is 270 g/mol. The minimum Gasteiger partial charge on any atom is -0.380 e. The summed E-state index contributed by atoms with van der Waals surface area (Å²) in [4.78, 5) is 2.46. The zero-order valence-corrected chi connectivity index (χ0v) is 10.6. The lowest BCUT2D eigenvalue weighted by atomic mass is 9.97. The highest BCUT2D eigenvalue weighted by Gasteiger charge is 2.31. The van der Waals surface area contributed by atoms with E-state index in [9.17, 15) is 13.2 Å². The van der Waals surface area contributed by atoms with Crippen molar-refractivity contribution in [3.63, 3.8) is 0 Å². The Hall–Kier alpha value is -1.23. The van der Waals surface area contributed by atoms with E-state index in [4.69, 9.17) is 0 Å². The van der Waals surface area contributed by atoms with Crippen molar-refractivity contribution in [1.82, 2.24) is 4.90 Å². The number of piperidine rings is 1. The number of halogens is 3. The van der Waals surface area contributed by atoms with Crippen molar-refractivity contribution in [3.8, 4) is 0 Å². The summed E-state index contributed by atoms with van der Waals surface area (Å²) >= 11 is 0. The van der Waals surface area contributed by atoms with Crippen LogP contribution in [0, 0.1) is 17.5 Å². The standard InChI is InChI=1S/C14H17F3N2/c15-11-7-13(17)14(8-12(11)16)18-9-3-5-19-4-1-2-10(19)6-9/h7-10,18H,1-6H2. The number of nitrogens with one attached hydrogen (secondary N) is 1. The molecule has 0 aromatic heterocycles. The molecule has 19 heavy (non-hydrogen) atoms. The molecule has 2 aliphatic heterocycles. The highest BCUT2D eigenvalue weighted by molar-refractivity contribution is 5.46. The Balaban J connectivity index is 1.70. The molecule has 0 aliphatic carbocycles. The maximum atomic E-state index is 13.6. The van der Waals surface area contributed by atoms with E-state index in [1.54, 1.807) is 0 Å². The Morgan fingerprint density at radius 3 is 2.63 bits per heavy atom. The van der Waals surface area contributed by atoms with Gasteiger partial charge in [-0.3, -0.25) is 0 Å². The third kappa shape index (κ3) is 2.56. The van der Waals surface area contributed by atoms with Gasteiger partial charge < -0.3 is 10.2 Å². The first kappa shape index (κ1) is 12.8. The van der Waals surface area contributed by atoms with E-state index in [1.165, 1.54) is 12.8 Å². The first-order valence-electron chi connectivity index (χ1n) is 6.78. The minimum absolute atomic E-state index is 0.0651. The van der Waals surface area contributed by atoms with Gasteiger partial charge in [0.1, 0.15) is 5.82 Å². The topological polar surface area (TPSA) is 15.3 Å². The first-order chi connectivity index (χ1) is 9.13. The van der Waals surface area contributed by atoms with Crippen molar-refractivity contribution in [2.45, 2.75) is 37.8 Å². The molecule has 2 fully saturated rings. The number of benzene rings is 1. The van der Waals surface area contributed by atoms with Crippen molar-refractivity contribution in [2.24, 2.45) is 0 Å². The van der Waals surface area contributed by atoms with Gasteiger partial charge in [0.05, 0.1) is 5.69 Å². The summed E-state index contributed by atoms with van der Waals surface area (Å²) in [5, 5.41) is 3.02. The predicted molar refractivity (Wildman–Crippen MR) is 67.6 cm³/mol. The van der Waals surface area contributed by atoms with Gasteiger partial charge in [-0.05, 0) is 32.2 Å². The molecule has 0 amide bonds. The average Bonchev–Trinajstić information content (AvgIpc) is 2.83. The van der Waals surface area contributed by atoms with Gasteiger partial charge in [-0.1, -0.05) is 0 Å². The summed E-state index contributed by atoms with van der Waals surface area (Å²) in [6, 6.07) is 2.20. The van der Waals surface area contributed by atoms with Crippen LogP contribution in [0.15, 0.2) is 12.1 Å². The van der Waals surface area contributed by atoms with Gasteiger partial charge >= 0.3 is 0 Å². The molecule has 1 N–H and O–H groups in total. The predicted octanol–water partition coefficient (Wildman–Crippen LogP) is 3.14. The summed E-state index contributed by atoms with van der Waals surface area (Å²) in [7, 11) is 0. The van der Waals surface area contributed by atoms with Gasteiger partial charge in [-0.25, -0.2) is 13.2 Å². The van der Waals surface area contributed by atoms with Crippen LogP contribution in [0.1, 0.15) is 25.7 Å². The van der Waals surface area contributed by atoms with Gasteiger partial charge in [0.2, 0.25) is 0 Å². The van der Waals surface area contributed by atoms with Crippen molar-refractivity contribution < 1.29 is 13.2 Å². The van der Waals surface area contributed by atoms with Crippen LogP contribution in [-0.4, -0.2) is 30.1 Å². The molecule has 2 saturated heterocycles. The highest BCUT2D eigenvalue weighted by Crippen LogP contribution is 2.29. The molecule has 2 unspecified atom stereocenters. The molecule has 2 aliphatic rings. The van der Waals surface area contributed by atoms with E-state index in [0.717, 1.165) is 32.0 Å². The molecule has 0 saturated carbocycles. The van der Waals surface area contributed by atoms with E-state index < -0.39 is 17.5 Å². The maximum Gasteiger partial charge on any atom is 0.161 e. The average molecular weight is 270 g/mol. The molecule has 0 bridgehead atoms. The number of hydrogen-bond donors (Lipinski definition) is 1. The lowest BCUT2D eigenvalue weighted by Gasteiger charge is -2.35. The summed E-state index contributed by atoms with van der Waals surface area (Å²) in [5.74, 6) is -2.89. The zero-order chi connectivity index (χ0) is 13.4. The van der Waals surface area contributed by atoms with E-state index in [0.29, 0.717) is 12.1 Å². The molecule has 5 heteroatoms. The number of nitrogens with zero attached hydrogens (tertiary/aromatic N) is 1. The lowest BCUT2D eigenvalue weighted by Crippen LogP contribution is -2.42. The Bertz CT molecular complexity index is 478. The second kappa shape index (κ2) is 5.04. The molecule has 3 rings (SSSR count). The molecule has 0 radical (unpaired) electrons. The van der Waals surface area contributed by atoms with Crippen LogP contribution in [0.2, 0.25) is 0 Å². The second-order valence-electron chi connectivity index (χ2n) is 5.44. The van der Waals surface area contributed by atoms with Crippen molar-refractivity contribution in [3.05, 3.63) is 29.6 Å². The fraction of sp³-hybridized carbons (Fsp3) is 0.571. The van der Waals surface area contributed by atoms with Crippen LogP contribution in [0.5, 0.6) is 0 Å². The van der Waals surface area contributed by atoms with Crippen LogP contribution >= 0.6 is 0 Å². The maximum absolute atomic E-state index is 13.6.